The van der Waals surface area contributed by atoms with E-state index in [2.05, 4.69) is 10.3 Å². The average Bonchev–Trinajstić information content (AvgIpc) is 2.30. The molecule has 1 aliphatic rings. The van der Waals surface area contributed by atoms with Crippen LogP contribution in [0.1, 0.15) is 19.8 Å². The lowest BCUT2D eigenvalue weighted by molar-refractivity contribution is 0.313. The summed E-state index contributed by atoms with van der Waals surface area (Å²) >= 11 is 0. The van der Waals surface area contributed by atoms with Crippen LogP contribution in [-0.4, -0.2) is 21.8 Å². The number of hydrogen-bond acceptors (Lipinski definition) is 4. The van der Waals surface area contributed by atoms with Gasteiger partial charge < -0.3 is 10.4 Å². The Bertz CT molecular complexity index is 166. The molecule has 1 fully saturated rings. The molecular formula is C6H10N2O2. The molecule has 10 heavy (non-hydrogen) atoms. The summed E-state index contributed by atoms with van der Waals surface area (Å²) < 4.78 is 0. The van der Waals surface area contributed by atoms with E-state index in [1.54, 1.807) is 0 Å². The van der Waals surface area contributed by atoms with Crippen LogP contribution in [0.2, 0.25) is 0 Å². The SMILES string of the molecule is CC1/C(=N\O)CC/C1=N\O. The van der Waals surface area contributed by atoms with Crippen molar-refractivity contribution in [3.05, 3.63) is 0 Å². The lowest BCUT2D eigenvalue weighted by Crippen LogP contribution is -2.09. The molecule has 2 N–H and O–H groups in total. The maximum Gasteiger partial charge on any atom is 0.0660 e. The third kappa shape index (κ3) is 0.964. The fraction of sp³-hybridized carbons (Fsp3) is 0.667. The highest BCUT2D eigenvalue weighted by Gasteiger charge is 2.25. The van der Waals surface area contributed by atoms with E-state index >= 15 is 0 Å². The predicted octanol–water partition coefficient (Wildman–Crippen LogP) is 1.08. The van der Waals surface area contributed by atoms with Gasteiger partial charge in [-0.05, 0) is 12.8 Å². The molecule has 0 spiro atoms. The standard InChI is InChI=1S/C6H10N2O2/c1-4-5(7-9)2-3-6(4)8-10/h4,9-10H,2-3H2,1H3/b7-5-,8-6+. The van der Waals surface area contributed by atoms with Gasteiger partial charge in [-0.1, -0.05) is 17.2 Å². The minimum absolute atomic E-state index is 0.00926. The topological polar surface area (TPSA) is 65.2 Å². The van der Waals surface area contributed by atoms with Gasteiger partial charge in [0, 0.05) is 5.92 Å². The molecule has 1 rings (SSSR count). The van der Waals surface area contributed by atoms with Crippen molar-refractivity contribution in [2.75, 3.05) is 0 Å². The first-order valence-corrected chi connectivity index (χ1v) is 3.21. The van der Waals surface area contributed by atoms with Crippen LogP contribution in [-0.2, 0) is 0 Å². The van der Waals surface area contributed by atoms with Crippen LogP contribution in [0.4, 0.5) is 0 Å². The summed E-state index contributed by atoms with van der Waals surface area (Å²) in [6, 6.07) is 0. The Balaban J connectivity index is 2.77. The van der Waals surface area contributed by atoms with Gasteiger partial charge in [0.25, 0.3) is 0 Å². The molecule has 4 heteroatoms. The summed E-state index contributed by atoms with van der Waals surface area (Å²) in [5.74, 6) is 0.00926. The van der Waals surface area contributed by atoms with Crippen molar-refractivity contribution >= 4 is 11.4 Å². The largest absolute Gasteiger partial charge is 0.411 e. The van der Waals surface area contributed by atoms with Gasteiger partial charge in [0.05, 0.1) is 11.4 Å². The summed E-state index contributed by atoms with van der Waals surface area (Å²) in [5, 5.41) is 23.0. The Morgan fingerprint density at radius 3 is 1.80 bits per heavy atom. The lowest BCUT2D eigenvalue weighted by atomic mass is 10.1. The van der Waals surface area contributed by atoms with Crippen molar-refractivity contribution in [3.63, 3.8) is 0 Å². The van der Waals surface area contributed by atoms with Gasteiger partial charge >= 0.3 is 0 Å². The zero-order chi connectivity index (χ0) is 7.56. The second-order valence-corrected chi connectivity index (χ2v) is 2.40. The Morgan fingerprint density at radius 1 is 1.20 bits per heavy atom. The van der Waals surface area contributed by atoms with Gasteiger partial charge in [-0.25, -0.2) is 0 Å². The summed E-state index contributed by atoms with van der Waals surface area (Å²) in [5.41, 5.74) is 1.40. The van der Waals surface area contributed by atoms with E-state index in [1.165, 1.54) is 0 Å². The van der Waals surface area contributed by atoms with Gasteiger partial charge in [0.1, 0.15) is 0 Å². The van der Waals surface area contributed by atoms with E-state index in [9.17, 15) is 0 Å². The summed E-state index contributed by atoms with van der Waals surface area (Å²) in [4.78, 5) is 0. The molecule has 0 aromatic carbocycles. The van der Waals surface area contributed by atoms with Crippen LogP contribution in [0.5, 0.6) is 0 Å². The van der Waals surface area contributed by atoms with Gasteiger partial charge in [-0.15, -0.1) is 0 Å². The van der Waals surface area contributed by atoms with E-state index in [0.717, 1.165) is 0 Å². The molecule has 0 saturated heterocycles. The van der Waals surface area contributed by atoms with Crippen LogP contribution >= 0.6 is 0 Å². The first kappa shape index (κ1) is 7.05. The van der Waals surface area contributed by atoms with Crippen molar-refractivity contribution in [2.45, 2.75) is 19.8 Å². The second-order valence-electron chi connectivity index (χ2n) is 2.40. The quantitative estimate of drug-likeness (QED) is 0.392. The first-order valence-electron chi connectivity index (χ1n) is 3.21. The highest BCUT2D eigenvalue weighted by molar-refractivity contribution is 6.12. The highest BCUT2D eigenvalue weighted by atomic mass is 16.4. The molecule has 4 nitrogen and oxygen atoms in total. The lowest BCUT2D eigenvalue weighted by Gasteiger charge is -1.99. The zero-order valence-corrected chi connectivity index (χ0v) is 5.78. The minimum atomic E-state index is 0.00926. The molecular weight excluding hydrogens is 132 g/mol. The summed E-state index contributed by atoms with van der Waals surface area (Å²) in [6.07, 6.45) is 1.41. The van der Waals surface area contributed by atoms with Gasteiger partial charge in [-0.3, -0.25) is 0 Å². The maximum absolute atomic E-state index is 8.40. The molecule has 0 aromatic heterocycles. The van der Waals surface area contributed by atoms with Gasteiger partial charge in [0.15, 0.2) is 0 Å². The van der Waals surface area contributed by atoms with Crippen molar-refractivity contribution in [3.8, 4) is 0 Å². The van der Waals surface area contributed by atoms with Crippen molar-refractivity contribution < 1.29 is 10.4 Å². The number of rotatable bonds is 0. The van der Waals surface area contributed by atoms with Crippen LogP contribution in [0.3, 0.4) is 0 Å². The third-order valence-corrected chi connectivity index (χ3v) is 1.89. The van der Waals surface area contributed by atoms with Crippen molar-refractivity contribution in [2.24, 2.45) is 16.2 Å². The van der Waals surface area contributed by atoms with E-state index in [1.807, 2.05) is 6.92 Å². The van der Waals surface area contributed by atoms with E-state index in [4.69, 9.17) is 10.4 Å². The van der Waals surface area contributed by atoms with Gasteiger partial charge in [0.2, 0.25) is 0 Å². The Morgan fingerprint density at radius 2 is 1.60 bits per heavy atom. The fourth-order valence-corrected chi connectivity index (χ4v) is 1.15. The van der Waals surface area contributed by atoms with E-state index in [0.29, 0.717) is 24.3 Å². The van der Waals surface area contributed by atoms with E-state index < -0.39 is 0 Å². The number of oxime groups is 2. The summed E-state index contributed by atoms with van der Waals surface area (Å²) in [6.45, 7) is 1.86. The molecule has 0 radical (unpaired) electrons. The zero-order valence-electron chi connectivity index (χ0n) is 5.78. The Hall–Kier alpha value is -1.06. The van der Waals surface area contributed by atoms with Crippen LogP contribution in [0, 0.1) is 5.92 Å². The second kappa shape index (κ2) is 2.68. The molecule has 0 aliphatic heterocycles. The van der Waals surface area contributed by atoms with Gasteiger partial charge in [-0.2, -0.15) is 0 Å². The molecule has 0 amide bonds. The van der Waals surface area contributed by atoms with Crippen molar-refractivity contribution in [1.29, 1.82) is 0 Å². The molecule has 0 aromatic rings. The molecule has 1 unspecified atom stereocenters. The molecule has 0 bridgehead atoms. The first-order chi connectivity index (χ1) is 4.79. The number of hydrogen-bond donors (Lipinski definition) is 2. The van der Waals surface area contributed by atoms with Crippen LogP contribution in [0.25, 0.3) is 0 Å². The molecule has 1 aliphatic carbocycles. The highest BCUT2D eigenvalue weighted by Crippen LogP contribution is 2.19. The van der Waals surface area contributed by atoms with Crippen LogP contribution in [0.15, 0.2) is 10.3 Å². The molecule has 56 valence electrons. The smallest absolute Gasteiger partial charge is 0.0660 e. The predicted molar refractivity (Wildman–Crippen MR) is 36.8 cm³/mol. The summed E-state index contributed by atoms with van der Waals surface area (Å²) in [7, 11) is 0. The Labute approximate surface area is 58.8 Å². The molecule has 1 atom stereocenters. The number of nitrogens with zero attached hydrogens (tertiary/aromatic N) is 2. The third-order valence-electron chi connectivity index (χ3n) is 1.89. The van der Waals surface area contributed by atoms with Crippen molar-refractivity contribution in [1.82, 2.24) is 0 Å². The monoisotopic (exact) mass is 142 g/mol. The molecule has 0 heterocycles. The maximum atomic E-state index is 8.40. The Kier molecular flexibility index (Phi) is 1.89. The van der Waals surface area contributed by atoms with Crippen LogP contribution < -0.4 is 0 Å². The van der Waals surface area contributed by atoms with E-state index in [-0.39, 0.29) is 5.92 Å². The normalized spacial score (nSPS) is 33.9. The molecule has 1 saturated carbocycles. The minimum Gasteiger partial charge on any atom is -0.411 e. The average molecular weight is 142 g/mol. The fourth-order valence-electron chi connectivity index (χ4n) is 1.15.